The highest BCUT2D eigenvalue weighted by Crippen LogP contribution is 2.38. The third-order valence-electron chi connectivity index (χ3n) is 3.67. The number of ether oxygens (including phenoxy) is 2. The van der Waals surface area contributed by atoms with Gasteiger partial charge in [0, 0.05) is 11.8 Å². The summed E-state index contributed by atoms with van der Waals surface area (Å²) in [5, 5.41) is 2.91. The molecule has 0 aliphatic carbocycles. The second-order valence-corrected chi connectivity index (χ2v) is 5.61. The predicted molar refractivity (Wildman–Crippen MR) is 73.9 cm³/mol. The summed E-state index contributed by atoms with van der Waals surface area (Å²) in [6, 6.07) is 6.15. The molecule has 1 amide bonds. The number of hydrogen-bond donors (Lipinski definition) is 1. The molecule has 1 aromatic carbocycles. The molecule has 5 heteroatoms. The Labute approximate surface area is 118 Å². The third-order valence-corrected chi connectivity index (χ3v) is 3.67. The lowest BCUT2D eigenvalue weighted by atomic mass is 9.80. The van der Waals surface area contributed by atoms with Crippen molar-refractivity contribution in [3.63, 3.8) is 0 Å². The maximum Gasteiger partial charge on any atom is 0.407 e. The molecule has 3 rings (SSSR count). The number of cyclic esters (lactones) is 1. The van der Waals surface area contributed by atoms with Crippen LogP contribution in [0, 0.1) is 5.41 Å². The maximum atomic E-state index is 11.4. The molecule has 1 aromatic rings. The Balaban J connectivity index is 0.00000133. The largest absolute Gasteiger partial charge is 0.493 e. The lowest BCUT2D eigenvalue weighted by Gasteiger charge is -2.38. The van der Waals surface area contributed by atoms with E-state index in [2.05, 4.69) is 25.2 Å². The van der Waals surface area contributed by atoms with E-state index in [1.54, 1.807) is 0 Å². The molecule has 0 aromatic heterocycles. The van der Waals surface area contributed by atoms with E-state index in [9.17, 15) is 4.79 Å². The molecule has 0 unspecified atom stereocenters. The number of halogens is 1. The van der Waals surface area contributed by atoms with E-state index >= 15 is 0 Å². The SMILES string of the molecule is CC1(C)COC(=O)N[C@H]1c1ccc2c(c1)CCO2.Cl. The van der Waals surface area contributed by atoms with Gasteiger partial charge in [-0.25, -0.2) is 4.79 Å². The summed E-state index contributed by atoms with van der Waals surface area (Å²) in [5.41, 5.74) is 2.24. The van der Waals surface area contributed by atoms with E-state index in [-0.39, 0.29) is 30.0 Å². The highest BCUT2D eigenvalue weighted by atomic mass is 35.5. The minimum Gasteiger partial charge on any atom is -0.493 e. The molecule has 2 aliphatic heterocycles. The molecule has 0 bridgehead atoms. The molecule has 0 radical (unpaired) electrons. The number of hydrogen-bond acceptors (Lipinski definition) is 3. The van der Waals surface area contributed by atoms with Crippen LogP contribution in [0.15, 0.2) is 18.2 Å². The second kappa shape index (κ2) is 4.93. The molecule has 19 heavy (non-hydrogen) atoms. The molecule has 1 N–H and O–H groups in total. The number of carbonyl (C=O) groups is 1. The van der Waals surface area contributed by atoms with Gasteiger partial charge < -0.3 is 14.8 Å². The summed E-state index contributed by atoms with van der Waals surface area (Å²) in [5.74, 6) is 0.968. The lowest BCUT2D eigenvalue weighted by Crippen LogP contribution is -2.46. The summed E-state index contributed by atoms with van der Waals surface area (Å²) < 4.78 is 10.6. The van der Waals surface area contributed by atoms with E-state index in [4.69, 9.17) is 9.47 Å². The summed E-state index contributed by atoms with van der Waals surface area (Å²) in [6.07, 6.45) is 0.608. The minimum absolute atomic E-state index is 0. The van der Waals surface area contributed by atoms with Crippen molar-refractivity contribution in [1.29, 1.82) is 0 Å². The molecular formula is C14H18ClNO3. The monoisotopic (exact) mass is 283 g/mol. The molecule has 2 heterocycles. The minimum atomic E-state index is -0.337. The first-order valence-electron chi connectivity index (χ1n) is 6.25. The van der Waals surface area contributed by atoms with Crippen LogP contribution in [0.5, 0.6) is 5.75 Å². The number of nitrogens with one attached hydrogen (secondary N) is 1. The molecule has 104 valence electrons. The van der Waals surface area contributed by atoms with E-state index in [1.165, 1.54) is 5.56 Å². The lowest BCUT2D eigenvalue weighted by molar-refractivity contribution is 0.0387. The zero-order chi connectivity index (χ0) is 12.8. The summed E-state index contributed by atoms with van der Waals surface area (Å²) in [4.78, 5) is 11.4. The van der Waals surface area contributed by atoms with Crippen molar-refractivity contribution in [2.24, 2.45) is 5.41 Å². The predicted octanol–water partition coefficient (Wildman–Crippen LogP) is 2.85. The van der Waals surface area contributed by atoms with Crippen LogP contribution < -0.4 is 10.1 Å². The van der Waals surface area contributed by atoms with Crippen LogP contribution in [0.2, 0.25) is 0 Å². The molecule has 2 aliphatic rings. The van der Waals surface area contributed by atoms with E-state index < -0.39 is 0 Å². The highest BCUT2D eigenvalue weighted by molar-refractivity contribution is 5.85. The quantitative estimate of drug-likeness (QED) is 0.862. The summed E-state index contributed by atoms with van der Waals surface area (Å²) in [6.45, 7) is 5.39. The van der Waals surface area contributed by atoms with Crippen molar-refractivity contribution in [2.45, 2.75) is 26.3 Å². The Morgan fingerprint density at radius 2 is 2.11 bits per heavy atom. The maximum absolute atomic E-state index is 11.4. The van der Waals surface area contributed by atoms with Crippen LogP contribution in [-0.4, -0.2) is 19.3 Å². The van der Waals surface area contributed by atoms with Gasteiger partial charge in [-0.15, -0.1) is 12.4 Å². The Hall–Kier alpha value is -1.42. The zero-order valence-corrected chi connectivity index (χ0v) is 11.9. The number of benzene rings is 1. The van der Waals surface area contributed by atoms with Gasteiger partial charge in [-0.05, 0) is 23.3 Å². The van der Waals surface area contributed by atoms with Gasteiger partial charge in [0.25, 0.3) is 0 Å². The fourth-order valence-corrected chi connectivity index (χ4v) is 2.61. The number of carbonyl (C=O) groups excluding carboxylic acids is 1. The first-order chi connectivity index (χ1) is 8.56. The van der Waals surface area contributed by atoms with Crippen molar-refractivity contribution in [3.05, 3.63) is 29.3 Å². The van der Waals surface area contributed by atoms with Crippen molar-refractivity contribution < 1.29 is 14.3 Å². The van der Waals surface area contributed by atoms with Gasteiger partial charge in [-0.2, -0.15) is 0 Å². The summed E-state index contributed by atoms with van der Waals surface area (Å²) >= 11 is 0. The van der Waals surface area contributed by atoms with E-state index in [1.807, 2.05) is 12.1 Å². The molecule has 1 saturated heterocycles. The number of alkyl carbamates (subject to hydrolysis) is 1. The van der Waals surface area contributed by atoms with Gasteiger partial charge >= 0.3 is 6.09 Å². The molecule has 0 saturated carbocycles. The van der Waals surface area contributed by atoms with Crippen LogP contribution in [-0.2, 0) is 11.2 Å². The van der Waals surface area contributed by atoms with Gasteiger partial charge in [0.05, 0.1) is 12.6 Å². The van der Waals surface area contributed by atoms with Crippen LogP contribution >= 0.6 is 12.4 Å². The van der Waals surface area contributed by atoms with Gasteiger partial charge in [0.15, 0.2) is 0 Å². The van der Waals surface area contributed by atoms with E-state index in [0.29, 0.717) is 6.61 Å². The normalized spacial score (nSPS) is 23.5. The molecule has 1 fully saturated rings. The Morgan fingerprint density at radius 3 is 2.89 bits per heavy atom. The van der Waals surface area contributed by atoms with Crippen LogP contribution in [0.3, 0.4) is 0 Å². The fourth-order valence-electron chi connectivity index (χ4n) is 2.61. The van der Waals surface area contributed by atoms with Crippen molar-refractivity contribution in [2.75, 3.05) is 13.2 Å². The van der Waals surface area contributed by atoms with Crippen molar-refractivity contribution in [3.8, 4) is 5.75 Å². The Bertz CT molecular complexity index is 501. The van der Waals surface area contributed by atoms with E-state index in [0.717, 1.165) is 24.3 Å². The first kappa shape index (κ1) is 14.0. The van der Waals surface area contributed by atoms with Crippen LogP contribution in [0.25, 0.3) is 0 Å². The third kappa shape index (κ3) is 2.50. The highest BCUT2D eigenvalue weighted by Gasteiger charge is 2.38. The smallest absolute Gasteiger partial charge is 0.407 e. The molecular weight excluding hydrogens is 266 g/mol. The van der Waals surface area contributed by atoms with Gasteiger partial charge in [-0.1, -0.05) is 19.9 Å². The Kier molecular flexibility index (Phi) is 3.63. The first-order valence-corrected chi connectivity index (χ1v) is 6.25. The standard InChI is InChI=1S/C14H17NO3.ClH/c1-14(2)8-18-13(16)15-12(14)10-3-4-11-9(7-10)5-6-17-11;/h3-4,7,12H,5-6,8H2,1-2H3,(H,15,16);1H/t12-;/m0./s1. The topological polar surface area (TPSA) is 47.6 Å². The van der Waals surface area contributed by atoms with Gasteiger partial charge in [0.2, 0.25) is 0 Å². The number of fused-ring (bicyclic) bond motifs is 1. The second-order valence-electron chi connectivity index (χ2n) is 5.61. The average Bonchev–Trinajstić information content (AvgIpc) is 2.79. The molecule has 0 spiro atoms. The Morgan fingerprint density at radius 1 is 1.32 bits per heavy atom. The zero-order valence-electron chi connectivity index (χ0n) is 11.1. The van der Waals surface area contributed by atoms with Crippen molar-refractivity contribution in [1.82, 2.24) is 5.32 Å². The molecule has 1 atom stereocenters. The fraction of sp³-hybridized carbons (Fsp3) is 0.500. The van der Waals surface area contributed by atoms with Gasteiger partial charge in [-0.3, -0.25) is 0 Å². The summed E-state index contributed by atoms with van der Waals surface area (Å²) in [7, 11) is 0. The number of rotatable bonds is 1. The van der Waals surface area contributed by atoms with Crippen LogP contribution in [0.1, 0.15) is 31.0 Å². The number of amides is 1. The average molecular weight is 284 g/mol. The van der Waals surface area contributed by atoms with Crippen molar-refractivity contribution >= 4 is 18.5 Å². The van der Waals surface area contributed by atoms with Crippen LogP contribution in [0.4, 0.5) is 4.79 Å². The van der Waals surface area contributed by atoms with Gasteiger partial charge in [0.1, 0.15) is 12.4 Å². The molecule has 4 nitrogen and oxygen atoms in total.